The molecule has 0 saturated carbocycles. The lowest BCUT2D eigenvalue weighted by Gasteiger charge is -2.35. The first kappa shape index (κ1) is 15.3. The van der Waals surface area contributed by atoms with Crippen LogP contribution in [0.2, 0.25) is 0 Å². The Morgan fingerprint density at radius 1 is 1.35 bits per heavy atom. The largest absolute Gasteiger partial charge is 0.494 e. The van der Waals surface area contributed by atoms with Crippen LogP contribution in [0, 0.1) is 6.92 Å². The Kier molecular flexibility index (Phi) is 6.34. The van der Waals surface area contributed by atoms with Gasteiger partial charge in [0, 0.05) is 19.2 Å². The highest BCUT2D eigenvalue weighted by molar-refractivity contribution is 5.27. The molecular weight excluding hydrogens is 250 g/mol. The third kappa shape index (κ3) is 4.80. The lowest BCUT2D eigenvalue weighted by Crippen LogP contribution is -2.40. The van der Waals surface area contributed by atoms with Crippen molar-refractivity contribution in [2.24, 2.45) is 0 Å². The molecule has 0 aromatic heterocycles. The van der Waals surface area contributed by atoms with Gasteiger partial charge in [-0.3, -0.25) is 0 Å². The summed E-state index contributed by atoms with van der Waals surface area (Å²) >= 11 is 0. The first-order chi connectivity index (χ1) is 9.79. The van der Waals surface area contributed by atoms with Crippen molar-refractivity contribution in [3.63, 3.8) is 0 Å². The highest BCUT2D eigenvalue weighted by Gasteiger charge is 2.20. The van der Waals surface area contributed by atoms with E-state index in [0.29, 0.717) is 12.6 Å². The number of aliphatic hydroxyl groups is 1. The van der Waals surface area contributed by atoms with Crippen LogP contribution >= 0.6 is 0 Å². The van der Waals surface area contributed by atoms with E-state index < -0.39 is 0 Å². The molecule has 1 saturated heterocycles. The van der Waals surface area contributed by atoms with Crippen LogP contribution in [0.5, 0.6) is 5.75 Å². The molecule has 3 nitrogen and oxygen atoms in total. The van der Waals surface area contributed by atoms with Gasteiger partial charge < -0.3 is 14.7 Å². The molecule has 0 amide bonds. The average molecular weight is 277 g/mol. The van der Waals surface area contributed by atoms with Crippen LogP contribution in [-0.2, 0) is 0 Å². The highest BCUT2D eigenvalue weighted by Crippen LogP contribution is 2.19. The molecule has 1 unspecified atom stereocenters. The minimum absolute atomic E-state index is 0.307. The molecule has 1 aliphatic heterocycles. The van der Waals surface area contributed by atoms with E-state index in [2.05, 4.69) is 24.0 Å². The first-order valence-electron chi connectivity index (χ1n) is 7.84. The zero-order chi connectivity index (χ0) is 14.2. The zero-order valence-corrected chi connectivity index (χ0v) is 12.6. The van der Waals surface area contributed by atoms with Crippen molar-refractivity contribution < 1.29 is 9.84 Å². The Bertz CT molecular complexity index is 392. The molecule has 1 atom stereocenters. The maximum absolute atomic E-state index is 9.13. The van der Waals surface area contributed by atoms with Gasteiger partial charge in [-0.25, -0.2) is 0 Å². The number of hydrogen-bond donors (Lipinski definition) is 1. The standard InChI is InChI=1S/C17H27NO2/c1-15-6-4-8-17(14-15)20-13-5-11-18-10-3-2-7-16(18)9-12-19/h4,6,8,14,16,19H,2-3,5,7,9-13H2,1H3. The van der Waals surface area contributed by atoms with Gasteiger partial charge in [-0.05, 0) is 56.8 Å². The van der Waals surface area contributed by atoms with Crippen molar-refractivity contribution in [2.45, 2.75) is 45.1 Å². The summed E-state index contributed by atoms with van der Waals surface area (Å²) in [6.45, 7) is 5.42. The molecule has 0 spiro atoms. The van der Waals surface area contributed by atoms with Crippen LogP contribution in [-0.4, -0.2) is 42.4 Å². The van der Waals surface area contributed by atoms with Crippen LogP contribution < -0.4 is 4.74 Å². The van der Waals surface area contributed by atoms with Gasteiger partial charge in [0.05, 0.1) is 6.61 Å². The Morgan fingerprint density at radius 3 is 3.05 bits per heavy atom. The summed E-state index contributed by atoms with van der Waals surface area (Å²) in [4.78, 5) is 2.53. The number of ether oxygens (including phenoxy) is 1. The Balaban J connectivity index is 1.69. The predicted octanol–water partition coefficient (Wildman–Crippen LogP) is 3.00. The van der Waals surface area contributed by atoms with Crippen molar-refractivity contribution in [3.05, 3.63) is 29.8 Å². The third-order valence-corrected chi connectivity index (χ3v) is 4.06. The molecule has 3 heteroatoms. The second-order valence-corrected chi connectivity index (χ2v) is 5.72. The number of rotatable bonds is 7. The Hall–Kier alpha value is -1.06. The molecule has 0 bridgehead atoms. The van der Waals surface area contributed by atoms with E-state index in [1.165, 1.54) is 31.4 Å². The van der Waals surface area contributed by atoms with E-state index in [0.717, 1.165) is 31.7 Å². The first-order valence-corrected chi connectivity index (χ1v) is 7.84. The van der Waals surface area contributed by atoms with Gasteiger partial charge in [-0.1, -0.05) is 18.6 Å². The summed E-state index contributed by atoms with van der Waals surface area (Å²) in [6.07, 6.45) is 5.80. The molecule has 20 heavy (non-hydrogen) atoms. The number of aliphatic hydroxyl groups excluding tert-OH is 1. The molecule has 1 aromatic rings. The van der Waals surface area contributed by atoms with E-state index >= 15 is 0 Å². The van der Waals surface area contributed by atoms with Crippen molar-refractivity contribution >= 4 is 0 Å². The third-order valence-electron chi connectivity index (χ3n) is 4.06. The molecule has 1 aromatic carbocycles. The fraction of sp³-hybridized carbons (Fsp3) is 0.647. The predicted molar refractivity (Wildman–Crippen MR) is 82.2 cm³/mol. The molecule has 112 valence electrons. The second kappa shape index (κ2) is 8.28. The Morgan fingerprint density at radius 2 is 2.25 bits per heavy atom. The summed E-state index contributed by atoms with van der Waals surface area (Å²) in [5, 5.41) is 9.13. The summed E-state index contributed by atoms with van der Waals surface area (Å²) < 4.78 is 5.80. The minimum Gasteiger partial charge on any atom is -0.494 e. The monoisotopic (exact) mass is 277 g/mol. The number of aryl methyl sites for hydroxylation is 1. The van der Waals surface area contributed by atoms with Gasteiger partial charge in [0.15, 0.2) is 0 Å². The van der Waals surface area contributed by atoms with Crippen molar-refractivity contribution in [1.29, 1.82) is 0 Å². The molecule has 1 aliphatic rings. The fourth-order valence-electron chi connectivity index (χ4n) is 2.99. The van der Waals surface area contributed by atoms with Crippen LogP contribution in [0.4, 0.5) is 0 Å². The van der Waals surface area contributed by atoms with Gasteiger partial charge in [0.25, 0.3) is 0 Å². The minimum atomic E-state index is 0.307. The van der Waals surface area contributed by atoms with E-state index in [-0.39, 0.29) is 0 Å². The van der Waals surface area contributed by atoms with Crippen LogP contribution in [0.15, 0.2) is 24.3 Å². The maximum Gasteiger partial charge on any atom is 0.119 e. The van der Waals surface area contributed by atoms with E-state index in [9.17, 15) is 0 Å². The maximum atomic E-state index is 9.13. The lowest BCUT2D eigenvalue weighted by atomic mass is 9.99. The van der Waals surface area contributed by atoms with Gasteiger partial charge in [-0.2, -0.15) is 0 Å². The number of benzene rings is 1. The van der Waals surface area contributed by atoms with Gasteiger partial charge in [0.2, 0.25) is 0 Å². The van der Waals surface area contributed by atoms with Crippen molar-refractivity contribution in [2.75, 3.05) is 26.3 Å². The number of nitrogens with zero attached hydrogens (tertiary/aromatic N) is 1. The SMILES string of the molecule is Cc1cccc(OCCCN2CCCCC2CCO)c1. The van der Waals surface area contributed by atoms with Crippen molar-refractivity contribution in [3.8, 4) is 5.75 Å². The number of piperidine rings is 1. The smallest absolute Gasteiger partial charge is 0.119 e. The van der Waals surface area contributed by atoms with Crippen molar-refractivity contribution in [1.82, 2.24) is 4.90 Å². The molecule has 1 fully saturated rings. The second-order valence-electron chi connectivity index (χ2n) is 5.72. The van der Waals surface area contributed by atoms with Gasteiger partial charge in [-0.15, -0.1) is 0 Å². The van der Waals surface area contributed by atoms with Crippen LogP contribution in [0.25, 0.3) is 0 Å². The molecule has 1 N–H and O–H groups in total. The topological polar surface area (TPSA) is 32.7 Å². The molecule has 0 aliphatic carbocycles. The molecular formula is C17H27NO2. The van der Waals surface area contributed by atoms with E-state index in [1.54, 1.807) is 0 Å². The Labute approximate surface area is 122 Å². The van der Waals surface area contributed by atoms with Crippen LogP contribution in [0.3, 0.4) is 0 Å². The summed E-state index contributed by atoms with van der Waals surface area (Å²) in [7, 11) is 0. The van der Waals surface area contributed by atoms with Crippen LogP contribution in [0.1, 0.15) is 37.7 Å². The lowest BCUT2D eigenvalue weighted by molar-refractivity contribution is 0.112. The normalized spacial score (nSPS) is 20.0. The van der Waals surface area contributed by atoms with E-state index in [4.69, 9.17) is 9.84 Å². The average Bonchev–Trinajstić information content (AvgIpc) is 2.46. The van der Waals surface area contributed by atoms with E-state index in [1.807, 2.05) is 12.1 Å². The summed E-state index contributed by atoms with van der Waals surface area (Å²) in [5.74, 6) is 0.968. The molecule has 1 heterocycles. The highest BCUT2D eigenvalue weighted by atomic mass is 16.5. The fourth-order valence-corrected chi connectivity index (χ4v) is 2.99. The quantitative estimate of drug-likeness (QED) is 0.778. The zero-order valence-electron chi connectivity index (χ0n) is 12.6. The van der Waals surface area contributed by atoms with Gasteiger partial charge >= 0.3 is 0 Å². The summed E-state index contributed by atoms with van der Waals surface area (Å²) in [5.41, 5.74) is 1.24. The number of likely N-dealkylation sites (tertiary alicyclic amines) is 1. The molecule has 2 rings (SSSR count). The van der Waals surface area contributed by atoms with Gasteiger partial charge in [0.1, 0.15) is 5.75 Å². The summed E-state index contributed by atoms with van der Waals surface area (Å²) in [6, 6.07) is 8.79. The molecule has 0 radical (unpaired) electrons. The number of hydrogen-bond acceptors (Lipinski definition) is 3.